The van der Waals surface area contributed by atoms with Crippen LogP contribution < -0.4 is 14.8 Å². The lowest BCUT2D eigenvalue weighted by Gasteiger charge is -2.23. The van der Waals surface area contributed by atoms with Gasteiger partial charge in [-0.15, -0.1) is 0 Å². The van der Waals surface area contributed by atoms with E-state index in [1.807, 2.05) is 20.8 Å². The molecule has 1 unspecified atom stereocenters. The predicted octanol–water partition coefficient (Wildman–Crippen LogP) is 2.85. The zero-order valence-corrected chi connectivity index (χ0v) is 12.9. The molecule has 5 nitrogen and oxygen atoms in total. The molecule has 5 heteroatoms. The summed E-state index contributed by atoms with van der Waals surface area (Å²) in [7, 11) is 3.16. The Morgan fingerprint density at radius 1 is 1.20 bits per heavy atom. The van der Waals surface area contributed by atoms with Crippen molar-refractivity contribution in [3.63, 3.8) is 0 Å². The molecule has 1 rings (SSSR count). The van der Waals surface area contributed by atoms with Crippen molar-refractivity contribution >= 4 is 11.7 Å². The maximum atomic E-state index is 12.0. The SMILES string of the molecule is COc1ccc(OC)c(NC(C)C(=O)OC(C)(C)C)c1. The number of carbonyl (C=O) groups excluding carboxylic acids is 1. The van der Waals surface area contributed by atoms with Crippen LogP contribution in [0.3, 0.4) is 0 Å². The minimum absolute atomic E-state index is 0.317. The first-order chi connectivity index (χ1) is 9.26. The van der Waals surface area contributed by atoms with E-state index in [0.29, 0.717) is 17.2 Å². The van der Waals surface area contributed by atoms with Crippen LogP contribution in [0.2, 0.25) is 0 Å². The molecule has 1 aromatic carbocycles. The first kappa shape index (κ1) is 16.1. The van der Waals surface area contributed by atoms with Gasteiger partial charge in [0.25, 0.3) is 0 Å². The number of rotatable bonds is 5. The molecular weight excluding hydrogens is 258 g/mol. The summed E-state index contributed by atoms with van der Waals surface area (Å²) in [4.78, 5) is 12.0. The van der Waals surface area contributed by atoms with E-state index >= 15 is 0 Å². The summed E-state index contributed by atoms with van der Waals surface area (Å²) in [5.74, 6) is 1.01. The second kappa shape index (κ2) is 6.50. The van der Waals surface area contributed by atoms with Gasteiger partial charge in [0, 0.05) is 6.07 Å². The van der Waals surface area contributed by atoms with Crippen molar-refractivity contribution in [2.45, 2.75) is 39.3 Å². The van der Waals surface area contributed by atoms with E-state index in [4.69, 9.17) is 14.2 Å². The van der Waals surface area contributed by atoms with Gasteiger partial charge in [0.1, 0.15) is 23.1 Å². The first-order valence-electron chi connectivity index (χ1n) is 6.48. The number of nitrogens with one attached hydrogen (secondary N) is 1. The third-order valence-corrected chi connectivity index (χ3v) is 2.54. The molecule has 0 heterocycles. The lowest BCUT2D eigenvalue weighted by Crippen LogP contribution is -2.34. The molecule has 0 aromatic heterocycles. The summed E-state index contributed by atoms with van der Waals surface area (Å²) in [5.41, 5.74) is 0.177. The second-order valence-corrected chi connectivity index (χ2v) is 5.47. The maximum Gasteiger partial charge on any atom is 0.328 e. The van der Waals surface area contributed by atoms with Crippen LogP contribution in [-0.2, 0) is 9.53 Å². The van der Waals surface area contributed by atoms with Gasteiger partial charge in [-0.25, -0.2) is 4.79 Å². The van der Waals surface area contributed by atoms with Gasteiger partial charge in [0.05, 0.1) is 19.9 Å². The molecule has 0 bridgehead atoms. The standard InChI is InChI=1S/C15H23NO4/c1-10(14(17)20-15(2,3)4)16-12-9-11(18-5)7-8-13(12)19-6/h7-10,16H,1-6H3. The summed E-state index contributed by atoms with van der Waals surface area (Å²) >= 11 is 0. The first-order valence-corrected chi connectivity index (χ1v) is 6.48. The van der Waals surface area contributed by atoms with Gasteiger partial charge in [0.2, 0.25) is 0 Å². The minimum Gasteiger partial charge on any atom is -0.497 e. The molecule has 0 radical (unpaired) electrons. The molecule has 0 aliphatic heterocycles. The Bertz CT molecular complexity index is 465. The number of carbonyl (C=O) groups is 1. The van der Waals surface area contributed by atoms with Crippen molar-refractivity contribution in [1.82, 2.24) is 0 Å². The molecule has 1 N–H and O–H groups in total. The van der Waals surface area contributed by atoms with E-state index in [-0.39, 0.29) is 5.97 Å². The van der Waals surface area contributed by atoms with Gasteiger partial charge in [0.15, 0.2) is 0 Å². The number of benzene rings is 1. The van der Waals surface area contributed by atoms with Crippen molar-refractivity contribution < 1.29 is 19.0 Å². The van der Waals surface area contributed by atoms with Crippen molar-refractivity contribution in [1.29, 1.82) is 0 Å². The van der Waals surface area contributed by atoms with Crippen LogP contribution in [-0.4, -0.2) is 31.8 Å². The van der Waals surface area contributed by atoms with Crippen LogP contribution in [0.25, 0.3) is 0 Å². The topological polar surface area (TPSA) is 56.8 Å². The van der Waals surface area contributed by atoms with Crippen molar-refractivity contribution in [3.8, 4) is 11.5 Å². The molecule has 0 fully saturated rings. The Hall–Kier alpha value is -1.91. The average Bonchev–Trinajstić information content (AvgIpc) is 2.36. The van der Waals surface area contributed by atoms with E-state index in [9.17, 15) is 4.79 Å². The number of esters is 1. The molecule has 20 heavy (non-hydrogen) atoms. The second-order valence-electron chi connectivity index (χ2n) is 5.47. The fourth-order valence-electron chi connectivity index (χ4n) is 1.61. The monoisotopic (exact) mass is 281 g/mol. The minimum atomic E-state index is -0.508. The van der Waals surface area contributed by atoms with Crippen molar-refractivity contribution in [2.24, 2.45) is 0 Å². The largest absolute Gasteiger partial charge is 0.497 e. The number of hydrogen-bond donors (Lipinski definition) is 1. The van der Waals surface area contributed by atoms with Gasteiger partial charge in [-0.3, -0.25) is 0 Å². The Labute approximate surface area is 120 Å². The number of anilines is 1. The van der Waals surface area contributed by atoms with Crippen LogP contribution in [0, 0.1) is 0 Å². The highest BCUT2D eigenvalue weighted by atomic mass is 16.6. The van der Waals surface area contributed by atoms with Crippen LogP contribution in [0.1, 0.15) is 27.7 Å². The molecule has 0 spiro atoms. The Kier molecular flexibility index (Phi) is 5.25. The fraction of sp³-hybridized carbons (Fsp3) is 0.533. The number of methoxy groups -OCH3 is 2. The summed E-state index contributed by atoms with van der Waals surface area (Å²) in [6.07, 6.45) is 0. The van der Waals surface area contributed by atoms with Crippen molar-refractivity contribution in [3.05, 3.63) is 18.2 Å². The molecule has 0 aliphatic rings. The van der Waals surface area contributed by atoms with E-state index in [1.54, 1.807) is 39.3 Å². The van der Waals surface area contributed by atoms with Crippen LogP contribution in [0.4, 0.5) is 5.69 Å². The molecule has 1 atom stereocenters. The van der Waals surface area contributed by atoms with Gasteiger partial charge in [-0.05, 0) is 39.8 Å². The van der Waals surface area contributed by atoms with E-state index in [0.717, 1.165) is 0 Å². The molecule has 0 saturated heterocycles. The van der Waals surface area contributed by atoms with E-state index < -0.39 is 11.6 Å². The van der Waals surface area contributed by atoms with E-state index in [2.05, 4.69) is 5.32 Å². The zero-order valence-electron chi connectivity index (χ0n) is 12.9. The van der Waals surface area contributed by atoms with Gasteiger partial charge in [-0.2, -0.15) is 0 Å². The zero-order chi connectivity index (χ0) is 15.3. The van der Waals surface area contributed by atoms with Gasteiger partial charge in [-0.1, -0.05) is 0 Å². The van der Waals surface area contributed by atoms with Crippen LogP contribution >= 0.6 is 0 Å². The molecule has 112 valence electrons. The Morgan fingerprint density at radius 3 is 2.35 bits per heavy atom. The Morgan fingerprint density at radius 2 is 1.85 bits per heavy atom. The molecule has 0 amide bonds. The fourth-order valence-corrected chi connectivity index (χ4v) is 1.61. The number of hydrogen-bond acceptors (Lipinski definition) is 5. The van der Waals surface area contributed by atoms with Gasteiger partial charge < -0.3 is 19.5 Å². The third-order valence-electron chi connectivity index (χ3n) is 2.54. The molecular formula is C15H23NO4. The number of ether oxygens (including phenoxy) is 3. The lowest BCUT2D eigenvalue weighted by molar-refractivity contribution is -0.155. The molecule has 0 saturated carbocycles. The third kappa shape index (κ3) is 4.64. The summed E-state index contributed by atoms with van der Waals surface area (Å²) in [6, 6.07) is 4.86. The summed E-state index contributed by atoms with van der Waals surface area (Å²) < 4.78 is 15.7. The maximum absolute atomic E-state index is 12.0. The predicted molar refractivity (Wildman–Crippen MR) is 78.5 cm³/mol. The summed E-state index contributed by atoms with van der Waals surface area (Å²) in [5, 5.41) is 3.08. The quantitative estimate of drug-likeness (QED) is 0.841. The smallest absolute Gasteiger partial charge is 0.328 e. The Balaban J connectivity index is 2.83. The highest BCUT2D eigenvalue weighted by Gasteiger charge is 2.22. The van der Waals surface area contributed by atoms with Crippen LogP contribution in [0.5, 0.6) is 11.5 Å². The van der Waals surface area contributed by atoms with E-state index in [1.165, 1.54) is 0 Å². The molecule has 0 aliphatic carbocycles. The lowest BCUT2D eigenvalue weighted by atomic mass is 10.2. The summed E-state index contributed by atoms with van der Waals surface area (Å²) in [6.45, 7) is 7.25. The van der Waals surface area contributed by atoms with Gasteiger partial charge >= 0.3 is 5.97 Å². The van der Waals surface area contributed by atoms with Crippen molar-refractivity contribution in [2.75, 3.05) is 19.5 Å². The normalized spacial score (nSPS) is 12.5. The molecule has 1 aromatic rings. The van der Waals surface area contributed by atoms with Crippen LogP contribution in [0.15, 0.2) is 18.2 Å². The highest BCUT2D eigenvalue weighted by molar-refractivity contribution is 5.80. The average molecular weight is 281 g/mol. The highest BCUT2D eigenvalue weighted by Crippen LogP contribution is 2.29.